The Morgan fingerprint density at radius 2 is 1.90 bits per heavy atom. The average Bonchev–Trinajstić information content (AvgIpc) is 3.22. The van der Waals surface area contributed by atoms with Crippen molar-refractivity contribution in [3.05, 3.63) is 63.8 Å². The Kier molecular flexibility index (Phi) is 4.25. The van der Waals surface area contributed by atoms with Gasteiger partial charge in [0.1, 0.15) is 13.2 Å². The summed E-state index contributed by atoms with van der Waals surface area (Å²) in [5, 5.41) is 13.7. The number of nitrogens with one attached hydrogen (secondary N) is 1. The van der Waals surface area contributed by atoms with Crippen LogP contribution in [-0.2, 0) is 0 Å². The summed E-state index contributed by atoms with van der Waals surface area (Å²) in [6.45, 7) is 1.08. The second-order valence-electron chi connectivity index (χ2n) is 6.39. The molecule has 0 aliphatic carbocycles. The Morgan fingerprint density at radius 1 is 1.10 bits per heavy atom. The van der Waals surface area contributed by atoms with Crippen molar-refractivity contribution < 1.29 is 14.6 Å². The first-order chi connectivity index (χ1) is 14.2. The van der Waals surface area contributed by atoms with Crippen LogP contribution in [0.25, 0.3) is 22.0 Å². The minimum absolute atomic E-state index is 0.221. The minimum atomic E-state index is -0.342. The average molecular weight is 405 g/mol. The number of aromatic amines is 1. The number of ether oxygens (including phenoxy) is 2. The molecule has 0 amide bonds. The fraction of sp³-hybridized carbons (Fsp3) is 0.0952. The summed E-state index contributed by atoms with van der Waals surface area (Å²) in [7, 11) is 0. The fourth-order valence-electron chi connectivity index (χ4n) is 3.20. The van der Waals surface area contributed by atoms with Crippen LogP contribution in [0.3, 0.4) is 0 Å². The normalized spacial score (nSPS) is 13.2. The highest BCUT2D eigenvalue weighted by atomic mass is 32.1. The summed E-state index contributed by atoms with van der Waals surface area (Å²) in [4.78, 5) is 23.4. The largest absolute Gasteiger partial charge is 0.494 e. The number of nitrogens with zero attached hydrogens (tertiary/aromatic N) is 2. The molecule has 29 heavy (non-hydrogen) atoms. The zero-order valence-corrected chi connectivity index (χ0v) is 15.9. The lowest BCUT2D eigenvalue weighted by Gasteiger charge is -2.18. The molecule has 2 N–H and O–H groups in total. The molecule has 3 heterocycles. The minimum Gasteiger partial charge on any atom is -0.494 e. The number of aromatic nitrogens is 2. The van der Waals surface area contributed by atoms with Crippen LogP contribution >= 0.6 is 11.3 Å². The SMILES string of the molecule is O=c1[nH]c(O)c(/C=N/c2nc(-c3ccc4c(c3)OCCO4)cs2)c2ccccc12. The molecule has 2 aromatic heterocycles. The summed E-state index contributed by atoms with van der Waals surface area (Å²) >= 11 is 1.38. The fourth-order valence-corrected chi connectivity index (χ4v) is 3.87. The van der Waals surface area contributed by atoms with Gasteiger partial charge in [-0.25, -0.2) is 9.98 Å². The van der Waals surface area contributed by atoms with Gasteiger partial charge in [-0.15, -0.1) is 11.3 Å². The van der Waals surface area contributed by atoms with Gasteiger partial charge in [-0.3, -0.25) is 9.78 Å². The molecule has 0 spiro atoms. The molecule has 1 aliphatic rings. The molecule has 8 heteroatoms. The summed E-state index contributed by atoms with van der Waals surface area (Å²) in [5.74, 6) is 1.21. The van der Waals surface area contributed by atoms with Gasteiger partial charge in [0, 0.05) is 27.9 Å². The van der Waals surface area contributed by atoms with Crippen molar-refractivity contribution in [3.8, 4) is 28.6 Å². The molecule has 0 fully saturated rings. The standard InChI is InChI=1S/C21H15N3O4S/c25-19-14-4-2-1-3-13(14)15(20(26)24-19)10-22-21-23-16(11-29-21)12-5-6-17-18(9-12)28-8-7-27-17/h1-6,9-11H,7-8H2,(H2,24,25,26)/b22-10+. The molecule has 7 nitrogen and oxygen atoms in total. The zero-order valence-electron chi connectivity index (χ0n) is 15.1. The number of H-pyrrole nitrogens is 1. The molecule has 0 radical (unpaired) electrons. The number of aliphatic imine (C=N–C) groups is 1. The number of thiazole rings is 1. The van der Waals surface area contributed by atoms with E-state index in [0.29, 0.717) is 40.4 Å². The third-order valence-electron chi connectivity index (χ3n) is 4.58. The molecule has 2 aromatic carbocycles. The Bertz CT molecular complexity index is 1310. The predicted octanol–water partition coefficient (Wildman–Crippen LogP) is 3.88. The number of pyridine rings is 1. The van der Waals surface area contributed by atoms with Crippen LogP contribution in [0.1, 0.15) is 5.56 Å². The zero-order chi connectivity index (χ0) is 19.8. The molecule has 4 aromatic rings. The summed E-state index contributed by atoms with van der Waals surface area (Å²) < 4.78 is 11.2. The van der Waals surface area contributed by atoms with Crippen LogP contribution in [-0.4, -0.2) is 34.5 Å². The van der Waals surface area contributed by atoms with Gasteiger partial charge in [0.15, 0.2) is 11.5 Å². The van der Waals surface area contributed by atoms with Crippen LogP contribution in [0.15, 0.2) is 57.6 Å². The second-order valence-corrected chi connectivity index (χ2v) is 7.23. The van der Waals surface area contributed by atoms with E-state index in [2.05, 4.69) is 15.0 Å². The van der Waals surface area contributed by atoms with Gasteiger partial charge in [0.25, 0.3) is 5.56 Å². The first-order valence-electron chi connectivity index (χ1n) is 8.92. The lowest BCUT2D eigenvalue weighted by molar-refractivity contribution is 0.171. The predicted molar refractivity (Wildman–Crippen MR) is 112 cm³/mol. The van der Waals surface area contributed by atoms with E-state index >= 15 is 0 Å². The summed E-state index contributed by atoms with van der Waals surface area (Å²) in [5.41, 5.74) is 1.78. The third-order valence-corrected chi connectivity index (χ3v) is 5.33. The highest BCUT2D eigenvalue weighted by molar-refractivity contribution is 7.13. The summed E-state index contributed by atoms with van der Waals surface area (Å²) in [6, 6.07) is 12.8. The Hall–Kier alpha value is -3.65. The van der Waals surface area contributed by atoms with Crippen LogP contribution in [0, 0.1) is 0 Å². The van der Waals surface area contributed by atoms with E-state index in [1.807, 2.05) is 29.6 Å². The summed E-state index contributed by atoms with van der Waals surface area (Å²) in [6.07, 6.45) is 1.51. The maximum Gasteiger partial charge on any atom is 0.258 e. The van der Waals surface area contributed by atoms with E-state index < -0.39 is 0 Å². The number of benzene rings is 2. The number of rotatable bonds is 3. The third kappa shape index (κ3) is 3.23. The van der Waals surface area contributed by atoms with Gasteiger partial charge in [0.05, 0.1) is 11.3 Å². The molecular weight excluding hydrogens is 390 g/mol. The number of fused-ring (bicyclic) bond motifs is 2. The van der Waals surface area contributed by atoms with E-state index in [4.69, 9.17) is 9.47 Å². The van der Waals surface area contributed by atoms with Crippen LogP contribution in [0.2, 0.25) is 0 Å². The molecule has 1 aliphatic heterocycles. The van der Waals surface area contributed by atoms with E-state index in [1.165, 1.54) is 17.6 Å². The van der Waals surface area contributed by atoms with E-state index in [1.54, 1.807) is 18.2 Å². The first-order valence-corrected chi connectivity index (χ1v) is 9.80. The molecule has 0 saturated carbocycles. The molecule has 0 saturated heterocycles. The van der Waals surface area contributed by atoms with Crippen molar-refractivity contribution in [2.24, 2.45) is 4.99 Å². The van der Waals surface area contributed by atoms with Crippen molar-refractivity contribution >= 4 is 33.5 Å². The Labute approximate surface area is 168 Å². The maximum atomic E-state index is 12.0. The molecule has 144 valence electrons. The van der Waals surface area contributed by atoms with Gasteiger partial charge in [-0.1, -0.05) is 18.2 Å². The monoisotopic (exact) mass is 405 g/mol. The molecule has 0 atom stereocenters. The lowest BCUT2D eigenvalue weighted by Crippen LogP contribution is -2.15. The van der Waals surface area contributed by atoms with Gasteiger partial charge in [-0.05, 0) is 24.3 Å². The molecule has 0 unspecified atom stereocenters. The molecule has 5 rings (SSSR count). The number of hydrogen-bond donors (Lipinski definition) is 2. The van der Waals surface area contributed by atoms with Crippen LogP contribution in [0.5, 0.6) is 17.4 Å². The van der Waals surface area contributed by atoms with E-state index in [-0.39, 0.29) is 11.4 Å². The van der Waals surface area contributed by atoms with Crippen molar-refractivity contribution in [1.29, 1.82) is 0 Å². The maximum absolute atomic E-state index is 12.0. The van der Waals surface area contributed by atoms with Crippen LogP contribution < -0.4 is 15.0 Å². The second kappa shape index (κ2) is 7.06. The van der Waals surface area contributed by atoms with Crippen molar-refractivity contribution in [2.45, 2.75) is 0 Å². The smallest absolute Gasteiger partial charge is 0.258 e. The van der Waals surface area contributed by atoms with Crippen molar-refractivity contribution in [3.63, 3.8) is 0 Å². The first kappa shape index (κ1) is 17.4. The Balaban J connectivity index is 1.47. The van der Waals surface area contributed by atoms with Gasteiger partial charge < -0.3 is 14.6 Å². The topological polar surface area (TPSA) is 96.8 Å². The number of hydrogen-bond acceptors (Lipinski definition) is 7. The highest BCUT2D eigenvalue weighted by Gasteiger charge is 2.14. The number of aromatic hydroxyl groups is 1. The quantitative estimate of drug-likeness (QED) is 0.504. The van der Waals surface area contributed by atoms with Crippen LogP contribution in [0.4, 0.5) is 5.13 Å². The Morgan fingerprint density at radius 3 is 2.76 bits per heavy atom. The van der Waals surface area contributed by atoms with Gasteiger partial charge in [-0.2, -0.15) is 0 Å². The van der Waals surface area contributed by atoms with E-state index in [0.717, 1.165) is 17.0 Å². The molecule has 0 bridgehead atoms. The van der Waals surface area contributed by atoms with Crippen molar-refractivity contribution in [1.82, 2.24) is 9.97 Å². The van der Waals surface area contributed by atoms with Gasteiger partial charge in [0.2, 0.25) is 11.0 Å². The lowest BCUT2D eigenvalue weighted by atomic mass is 10.1. The van der Waals surface area contributed by atoms with E-state index in [9.17, 15) is 9.90 Å². The molecular formula is C21H15N3O4S. The van der Waals surface area contributed by atoms with Gasteiger partial charge >= 0.3 is 0 Å². The highest BCUT2D eigenvalue weighted by Crippen LogP contribution is 2.35. The van der Waals surface area contributed by atoms with Crippen molar-refractivity contribution in [2.75, 3.05) is 13.2 Å².